The van der Waals surface area contributed by atoms with Crippen LogP contribution in [0.5, 0.6) is 0 Å². The maximum atomic E-state index is 10.8. The Morgan fingerprint density at radius 3 is 2.73 bits per heavy atom. The molecule has 1 aliphatic rings. The van der Waals surface area contributed by atoms with Crippen LogP contribution in [0.2, 0.25) is 0 Å². The van der Waals surface area contributed by atoms with E-state index in [1.54, 1.807) is 0 Å². The van der Waals surface area contributed by atoms with Gasteiger partial charge in [-0.1, -0.05) is 0 Å². The lowest BCUT2D eigenvalue weighted by molar-refractivity contribution is -0.143. The summed E-state index contributed by atoms with van der Waals surface area (Å²) in [7, 11) is 0. The standard InChI is InChI=1S/C8H14O3/c1-3-10-8(9)5-4-7-6(2)11-7/h6-7H,3-5H2,1-2H3/t6-,7+/m1/s1. The van der Waals surface area contributed by atoms with Gasteiger partial charge >= 0.3 is 5.97 Å². The molecule has 0 N–H and O–H groups in total. The van der Waals surface area contributed by atoms with Crippen molar-refractivity contribution >= 4 is 5.97 Å². The van der Waals surface area contributed by atoms with Crippen LogP contribution in [0.3, 0.4) is 0 Å². The fourth-order valence-electron chi connectivity index (χ4n) is 1.03. The number of epoxide rings is 1. The Kier molecular flexibility index (Phi) is 2.88. The van der Waals surface area contributed by atoms with Crippen molar-refractivity contribution in [1.29, 1.82) is 0 Å². The molecule has 0 aromatic rings. The first-order valence-corrected chi connectivity index (χ1v) is 4.05. The van der Waals surface area contributed by atoms with Crippen LogP contribution in [-0.4, -0.2) is 24.8 Å². The van der Waals surface area contributed by atoms with Crippen LogP contribution in [0, 0.1) is 0 Å². The highest BCUT2D eigenvalue weighted by molar-refractivity contribution is 5.69. The lowest BCUT2D eigenvalue weighted by Gasteiger charge is -1.98. The summed E-state index contributed by atoms with van der Waals surface area (Å²) < 4.78 is 9.90. The highest BCUT2D eigenvalue weighted by Gasteiger charge is 2.33. The minimum absolute atomic E-state index is 0.116. The molecule has 1 aliphatic heterocycles. The number of hydrogen-bond donors (Lipinski definition) is 0. The summed E-state index contributed by atoms with van der Waals surface area (Å²) in [5.74, 6) is -0.116. The molecule has 11 heavy (non-hydrogen) atoms. The molecule has 0 amide bonds. The van der Waals surface area contributed by atoms with Gasteiger partial charge in [0.2, 0.25) is 0 Å². The topological polar surface area (TPSA) is 38.8 Å². The van der Waals surface area contributed by atoms with Gasteiger partial charge in [-0.2, -0.15) is 0 Å². The first-order chi connectivity index (χ1) is 5.24. The smallest absolute Gasteiger partial charge is 0.305 e. The van der Waals surface area contributed by atoms with Gasteiger partial charge in [0, 0.05) is 6.42 Å². The molecule has 0 aromatic carbocycles. The van der Waals surface area contributed by atoms with E-state index in [1.807, 2.05) is 13.8 Å². The lowest BCUT2D eigenvalue weighted by atomic mass is 10.2. The van der Waals surface area contributed by atoms with E-state index in [4.69, 9.17) is 9.47 Å². The molecule has 1 saturated heterocycles. The van der Waals surface area contributed by atoms with Crippen LogP contribution < -0.4 is 0 Å². The zero-order chi connectivity index (χ0) is 8.27. The summed E-state index contributed by atoms with van der Waals surface area (Å²) in [4.78, 5) is 10.8. The quantitative estimate of drug-likeness (QED) is 0.454. The molecule has 0 radical (unpaired) electrons. The van der Waals surface area contributed by atoms with E-state index in [9.17, 15) is 4.79 Å². The minimum Gasteiger partial charge on any atom is -0.466 e. The number of carbonyl (C=O) groups excluding carboxylic acids is 1. The van der Waals surface area contributed by atoms with Crippen molar-refractivity contribution in [2.45, 2.75) is 38.9 Å². The van der Waals surface area contributed by atoms with Crippen molar-refractivity contribution in [3.63, 3.8) is 0 Å². The van der Waals surface area contributed by atoms with Crippen molar-refractivity contribution in [2.24, 2.45) is 0 Å². The molecule has 0 bridgehead atoms. The van der Waals surface area contributed by atoms with Crippen molar-refractivity contribution in [3.05, 3.63) is 0 Å². The monoisotopic (exact) mass is 158 g/mol. The summed E-state index contributed by atoms with van der Waals surface area (Å²) in [6.45, 7) is 4.30. The van der Waals surface area contributed by atoms with Gasteiger partial charge in [0.15, 0.2) is 0 Å². The fourth-order valence-corrected chi connectivity index (χ4v) is 1.03. The maximum Gasteiger partial charge on any atom is 0.305 e. The predicted molar refractivity (Wildman–Crippen MR) is 40.2 cm³/mol. The van der Waals surface area contributed by atoms with E-state index in [1.165, 1.54) is 0 Å². The highest BCUT2D eigenvalue weighted by Crippen LogP contribution is 2.25. The zero-order valence-corrected chi connectivity index (χ0v) is 7.00. The van der Waals surface area contributed by atoms with Gasteiger partial charge in [-0.05, 0) is 20.3 Å². The predicted octanol–water partition coefficient (Wildman–Crippen LogP) is 1.12. The van der Waals surface area contributed by atoms with Crippen molar-refractivity contribution in [3.8, 4) is 0 Å². The molecule has 64 valence electrons. The summed E-state index contributed by atoms with van der Waals surface area (Å²) in [5.41, 5.74) is 0. The molecule has 0 aliphatic carbocycles. The van der Waals surface area contributed by atoms with Crippen LogP contribution in [0.1, 0.15) is 26.7 Å². The normalized spacial score (nSPS) is 28.2. The van der Waals surface area contributed by atoms with Gasteiger partial charge in [-0.15, -0.1) is 0 Å². The third-order valence-electron chi connectivity index (χ3n) is 1.77. The molecule has 3 nitrogen and oxygen atoms in total. The third-order valence-corrected chi connectivity index (χ3v) is 1.77. The highest BCUT2D eigenvalue weighted by atomic mass is 16.6. The Hall–Kier alpha value is -0.570. The summed E-state index contributed by atoms with van der Waals surface area (Å²) >= 11 is 0. The van der Waals surface area contributed by atoms with Gasteiger partial charge in [0.05, 0.1) is 18.8 Å². The maximum absolute atomic E-state index is 10.8. The Labute approximate surface area is 66.7 Å². The summed E-state index contributed by atoms with van der Waals surface area (Å²) in [6.07, 6.45) is 1.95. The molecule has 3 heteroatoms. The van der Waals surface area contributed by atoms with Crippen molar-refractivity contribution < 1.29 is 14.3 Å². The second-order valence-corrected chi connectivity index (χ2v) is 2.72. The summed E-state index contributed by atoms with van der Waals surface area (Å²) in [6, 6.07) is 0. The van der Waals surface area contributed by atoms with E-state index < -0.39 is 0 Å². The van der Waals surface area contributed by atoms with Crippen LogP contribution >= 0.6 is 0 Å². The molecule has 0 aromatic heterocycles. The average molecular weight is 158 g/mol. The Morgan fingerprint density at radius 2 is 2.27 bits per heavy atom. The molecule has 1 rings (SSSR count). The molecule has 1 heterocycles. The van der Waals surface area contributed by atoms with Gasteiger partial charge in [0.25, 0.3) is 0 Å². The molecule has 0 spiro atoms. The molecule has 0 unspecified atom stereocenters. The number of rotatable bonds is 4. The zero-order valence-electron chi connectivity index (χ0n) is 7.00. The first-order valence-electron chi connectivity index (χ1n) is 4.05. The second kappa shape index (κ2) is 3.72. The van der Waals surface area contributed by atoms with Gasteiger partial charge in [0.1, 0.15) is 0 Å². The molecular formula is C8H14O3. The fraction of sp³-hybridized carbons (Fsp3) is 0.875. The molecular weight excluding hydrogens is 144 g/mol. The third kappa shape index (κ3) is 2.89. The van der Waals surface area contributed by atoms with E-state index >= 15 is 0 Å². The number of carbonyl (C=O) groups is 1. The summed E-state index contributed by atoms with van der Waals surface area (Å²) in [5, 5.41) is 0. The largest absolute Gasteiger partial charge is 0.466 e. The van der Waals surface area contributed by atoms with Crippen LogP contribution in [0.25, 0.3) is 0 Å². The Balaban J connectivity index is 1.98. The van der Waals surface area contributed by atoms with E-state index in [-0.39, 0.29) is 5.97 Å². The molecule has 0 saturated carbocycles. The lowest BCUT2D eigenvalue weighted by Crippen LogP contribution is -2.05. The van der Waals surface area contributed by atoms with Gasteiger partial charge in [-0.3, -0.25) is 4.79 Å². The minimum atomic E-state index is -0.116. The first kappa shape index (κ1) is 8.53. The van der Waals surface area contributed by atoms with Crippen LogP contribution in [0.15, 0.2) is 0 Å². The average Bonchev–Trinajstić information content (AvgIpc) is 2.63. The second-order valence-electron chi connectivity index (χ2n) is 2.72. The number of hydrogen-bond acceptors (Lipinski definition) is 3. The Morgan fingerprint density at radius 1 is 1.64 bits per heavy atom. The Bertz CT molecular complexity index is 144. The van der Waals surface area contributed by atoms with E-state index in [2.05, 4.69) is 0 Å². The van der Waals surface area contributed by atoms with Crippen molar-refractivity contribution in [1.82, 2.24) is 0 Å². The SMILES string of the molecule is CCOC(=O)CC[C@@H]1O[C@@H]1C. The molecule has 2 atom stereocenters. The molecule has 1 fully saturated rings. The number of ether oxygens (including phenoxy) is 2. The van der Waals surface area contributed by atoms with E-state index in [0.717, 1.165) is 6.42 Å². The van der Waals surface area contributed by atoms with Gasteiger partial charge < -0.3 is 9.47 Å². The number of esters is 1. The van der Waals surface area contributed by atoms with Crippen molar-refractivity contribution in [2.75, 3.05) is 6.61 Å². The van der Waals surface area contributed by atoms with Crippen LogP contribution in [0.4, 0.5) is 0 Å². The van der Waals surface area contributed by atoms with Gasteiger partial charge in [-0.25, -0.2) is 0 Å². The van der Waals surface area contributed by atoms with E-state index in [0.29, 0.717) is 25.2 Å². The van der Waals surface area contributed by atoms with Crippen LogP contribution in [-0.2, 0) is 14.3 Å².